The Morgan fingerprint density at radius 2 is 1.05 bits per heavy atom. The molecule has 0 bridgehead atoms. The maximum absolute atomic E-state index is 2.48. The van der Waals surface area contributed by atoms with Gasteiger partial charge >= 0.3 is 0 Å². The Balaban J connectivity index is 1.44. The van der Waals surface area contributed by atoms with Crippen LogP contribution in [0.1, 0.15) is 33.7 Å². The van der Waals surface area contributed by atoms with Gasteiger partial charge in [0.1, 0.15) is 0 Å². The van der Waals surface area contributed by atoms with Crippen molar-refractivity contribution in [2.45, 2.75) is 19.8 Å². The van der Waals surface area contributed by atoms with Crippen molar-refractivity contribution in [3.8, 4) is 0 Å². The zero-order chi connectivity index (χ0) is 29.6. The molecular formula is C42H34N2. The molecule has 8 rings (SSSR count). The molecule has 0 aliphatic heterocycles. The van der Waals surface area contributed by atoms with Crippen LogP contribution in [0.25, 0.3) is 12.2 Å². The SMILES string of the molecule is Cc1cccc(N(C2=CC(N(c3ccccc3)c3cccc(C)c3)=C3C=Cc4cccc5c4C3C2C=C5)c2ccccc2)c1. The summed E-state index contributed by atoms with van der Waals surface area (Å²) in [5.41, 5.74) is 15.0. The molecule has 0 radical (unpaired) electrons. The van der Waals surface area contributed by atoms with Crippen LogP contribution in [0.3, 0.4) is 0 Å². The zero-order valence-electron chi connectivity index (χ0n) is 25.1. The van der Waals surface area contributed by atoms with Crippen molar-refractivity contribution in [1.82, 2.24) is 0 Å². The van der Waals surface area contributed by atoms with Crippen LogP contribution in [0.15, 0.2) is 163 Å². The van der Waals surface area contributed by atoms with Crippen molar-refractivity contribution in [2.24, 2.45) is 5.92 Å². The first-order valence-electron chi connectivity index (χ1n) is 15.4. The summed E-state index contributed by atoms with van der Waals surface area (Å²) in [7, 11) is 0. The Morgan fingerprint density at radius 1 is 0.500 bits per heavy atom. The Bertz CT molecular complexity index is 1990. The summed E-state index contributed by atoms with van der Waals surface area (Å²) < 4.78 is 0. The van der Waals surface area contributed by atoms with Gasteiger partial charge in [0.15, 0.2) is 0 Å². The first kappa shape index (κ1) is 26.3. The molecule has 0 saturated heterocycles. The van der Waals surface area contributed by atoms with Crippen molar-refractivity contribution in [2.75, 3.05) is 9.80 Å². The summed E-state index contributed by atoms with van der Waals surface area (Å²) in [6.07, 6.45) is 11.9. The van der Waals surface area contributed by atoms with Crippen LogP contribution in [-0.4, -0.2) is 0 Å². The van der Waals surface area contributed by atoms with Crippen molar-refractivity contribution in [3.63, 3.8) is 0 Å². The fourth-order valence-electron chi connectivity index (χ4n) is 7.19. The lowest BCUT2D eigenvalue weighted by atomic mass is 9.66. The van der Waals surface area contributed by atoms with Gasteiger partial charge in [-0.1, -0.05) is 103 Å². The fourth-order valence-corrected chi connectivity index (χ4v) is 7.19. The maximum Gasteiger partial charge on any atom is 0.0517 e. The number of nitrogens with zero attached hydrogens (tertiary/aromatic N) is 2. The highest BCUT2D eigenvalue weighted by molar-refractivity contribution is 5.82. The van der Waals surface area contributed by atoms with E-state index in [4.69, 9.17) is 0 Å². The second kappa shape index (κ2) is 10.7. The smallest absolute Gasteiger partial charge is 0.0517 e. The zero-order valence-corrected chi connectivity index (χ0v) is 25.1. The normalized spacial score (nSPS) is 17.6. The van der Waals surface area contributed by atoms with E-state index in [1.165, 1.54) is 50.5 Å². The first-order valence-corrected chi connectivity index (χ1v) is 15.4. The van der Waals surface area contributed by atoms with Gasteiger partial charge in [-0.3, -0.25) is 0 Å². The van der Waals surface area contributed by atoms with E-state index < -0.39 is 0 Å². The molecule has 2 heteroatoms. The van der Waals surface area contributed by atoms with Crippen LogP contribution in [0, 0.1) is 19.8 Å². The minimum atomic E-state index is 0.170. The van der Waals surface area contributed by atoms with E-state index in [9.17, 15) is 0 Å². The third-order valence-electron chi connectivity index (χ3n) is 9.07. The molecule has 3 aliphatic rings. The van der Waals surface area contributed by atoms with Crippen LogP contribution >= 0.6 is 0 Å². The molecule has 0 aromatic heterocycles. The number of benzene rings is 5. The number of anilines is 4. The van der Waals surface area contributed by atoms with Gasteiger partial charge in [-0.05, 0) is 102 Å². The second-order valence-corrected chi connectivity index (χ2v) is 12.0. The fraction of sp³-hybridized carbons (Fsp3) is 0.0952. The van der Waals surface area contributed by atoms with Crippen LogP contribution in [0.5, 0.6) is 0 Å². The summed E-state index contributed by atoms with van der Waals surface area (Å²) in [4.78, 5) is 4.93. The molecule has 0 amide bonds. The topological polar surface area (TPSA) is 6.48 Å². The Labute approximate surface area is 260 Å². The monoisotopic (exact) mass is 566 g/mol. The minimum Gasteiger partial charge on any atom is -0.314 e. The summed E-state index contributed by atoms with van der Waals surface area (Å²) in [6, 6.07) is 46.1. The quantitative estimate of drug-likeness (QED) is 0.202. The average molecular weight is 567 g/mol. The van der Waals surface area contributed by atoms with E-state index in [2.05, 4.69) is 181 Å². The van der Waals surface area contributed by atoms with E-state index in [-0.39, 0.29) is 11.8 Å². The van der Waals surface area contributed by atoms with E-state index in [0.29, 0.717) is 0 Å². The number of rotatable bonds is 6. The van der Waals surface area contributed by atoms with Crippen LogP contribution in [-0.2, 0) is 0 Å². The van der Waals surface area contributed by atoms with Gasteiger partial charge in [0.25, 0.3) is 0 Å². The summed E-state index contributed by atoms with van der Waals surface area (Å²) in [5, 5.41) is 0. The number of allylic oxidation sites excluding steroid dienone is 4. The minimum absolute atomic E-state index is 0.170. The average Bonchev–Trinajstić information content (AvgIpc) is 3.06. The van der Waals surface area contributed by atoms with E-state index >= 15 is 0 Å². The molecule has 0 saturated carbocycles. The number of hydrogen-bond donors (Lipinski definition) is 0. The van der Waals surface area contributed by atoms with Crippen molar-refractivity contribution in [3.05, 3.63) is 190 Å². The molecule has 0 fully saturated rings. The summed E-state index contributed by atoms with van der Waals surface area (Å²) in [5.74, 6) is 0.362. The molecule has 0 heterocycles. The predicted molar refractivity (Wildman–Crippen MR) is 185 cm³/mol. The van der Waals surface area contributed by atoms with Gasteiger partial charge in [0.05, 0.1) is 5.70 Å². The second-order valence-electron chi connectivity index (χ2n) is 12.0. The lowest BCUT2D eigenvalue weighted by Crippen LogP contribution is -2.35. The molecule has 5 aromatic carbocycles. The predicted octanol–water partition coefficient (Wildman–Crippen LogP) is 10.9. The Hall–Kier alpha value is -5.34. The van der Waals surface area contributed by atoms with Gasteiger partial charge < -0.3 is 9.80 Å². The van der Waals surface area contributed by atoms with Crippen molar-refractivity contribution < 1.29 is 0 Å². The van der Waals surface area contributed by atoms with E-state index in [1.54, 1.807) is 0 Å². The molecule has 212 valence electrons. The number of aryl methyl sites for hydroxylation is 2. The highest BCUT2D eigenvalue weighted by Crippen LogP contribution is 2.54. The molecule has 0 spiro atoms. The largest absolute Gasteiger partial charge is 0.314 e. The molecule has 2 unspecified atom stereocenters. The molecule has 3 aliphatic carbocycles. The van der Waals surface area contributed by atoms with Gasteiger partial charge in [0.2, 0.25) is 0 Å². The standard InChI is InChI=1S/C42H34N2/c1-29-12-9-20-35(26-29)43(33-16-5-3-6-17-33)39-28-40(44(34-18-7-4-8-19-34)36-21-10-13-30(2)27-36)38-25-23-32-15-11-14-31-22-24-37(39)42(38)41(31)32/h3-28,37,42H,1-2H3. The third kappa shape index (κ3) is 4.42. The van der Waals surface area contributed by atoms with Crippen LogP contribution in [0.4, 0.5) is 22.7 Å². The van der Waals surface area contributed by atoms with E-state index in [1.807, 2.05) is 0 Å². The van der Waals surface area contributed by atoms with Gasteiger partial charge in [-0.2, -0.15) is 0 Å². The maximum atomic E-state index is 2.48. The summed E-state index contributed by atoms with van der Waals surface area (Å²) >= 11 is 0. The van der Waals surface area contributed by atoms with Gasteiger partial charge in [-0.25, -0.2) is 0 Å². The Kier molecular flexibility index (Phi) is 6.42. The van der Waals surface area contributed by atoms with Crippen LogP contribution < -0.4 is 9.80 Å². The highest BCUT2D eigenvalue weighted by atomic mass is 15.2. The molecule has 5 aromatic rings. The molecule has 44 heavy (non-hydrogen) atoms. The summed E-state index contributed by atoms with van der Waals surface area (Å²) in [6.45, 7) is 4.35. The third-order valence-corrected chi connectivity index (χ3v) is 9.07. The lowest BCUT2D eigenvalue weighted by molar-refractivity contribution is 0.610. The van der Waals surface area contributed by atoms with Gasteiger partial charge in [0, 0.05) is 40.3 Å². The Morgan fingerprint density at radius 3 is 1.68 bits per heavy atom. The van der Waals surface area contributed by atoms with Crippen molar-refractivity contribution in [1.29, 1.82) is 0 Å². The molecule has 0 N–H and O–H groups in total. The van der Waals surface area contributed by atoms with Gasteiger partial charge in [-0.15, -0.1) is 0 Å². The first-order chi connectivity index (χ1) is 21.7. The lowest BCUT2D eigenvalue weighted by Gasteiger charge is -2.45. The molecular weight excluding hydrogens is 532 g/mol. The number of para-hydroxylation sites is 2. The van der Waals surface area contributed by atoms with Crippen molar-refractivity contribution >= 4 is 34.9 Å². The van der Waals surface area contributed by atoms with E-state index in [0.717, 1.165) is 17.1 Å². The number of hydrogen-bond acceptors (Lipinski definition) is 2. The highest BCUT2D eigenvalue weighted by Gasteiger charge is 2.41. The van der Waals surface area contributed by atoms with Crippen LogP contribution in [0.2, 0.25) is 0 Å². The molecule has 2 atom stereocenters. The molecule has 2 nitrogen and oxygen atoms in total.